The Balaban J connectivity index is 1.99. The lowest BCUT2D eigenvalue weighted by Gasteiger charge is -2.24. The van der Waals surface area contributed by atoms with Crippen LogP contribution in [0.15, 0.2) is 24.3 Å². The molecule has 1 aliphatic rings. The van der Waals surface area contributed by atoms with E-state index in [0.717, 1.165) is 28.6 Å². The van der Waals surface area contributed by atoms with Crippen molar-refractivity contribution in [1.29, 1.82) is 0 Å². The highest BCUT2D eigenvalue weighted by Gasteiger charge is 2.22. The van der Waals surface area contributed by atoms with Gasteiger partial charge in [0.2, 0.25) is 0 Å². The van der Waals surface area contributed by atoms with Gasteiger partial charge in [0, 0.05) is 10.4 Å². The highest BCUT2D eigenvalue weighted by atomic mass is 79.9. The van der Waals surface area contributed by atoms with Crippen molar-refractivity contribution in [2.24, 2.45) is 11.8 Å². The first-order valence-electron chi connectivity index (χ1n) is 7.10. The summed E-state index contributed by atoms with van der Waals surface area (Å²) in [6.45, 7) is 0. The van der Waals surface area contributed by atoms with Gasteiger partial charge in [0.25, 0.3) is 0 Å². The minimum Gasteiger partial charge on any atom is -0.0925 e. The molecule has 18 heavy (non-hydrogen) atoms. The molecule has 0 amide bonds. The van der Waals surface area contributed by atoms with Crippen molar-refractivity contribution < 1.29 is 0 Å². The Kier molecular flexibility index (Phi) is 6.04. The quantitative estimate of drug-likeness (QED) is 0.479. The van der Waals surface area contributed by atoms with Gasteiger partial charge in [-0.1, -0.05) is 78.2 Å². The molecule has 1 saturated carbocycles. The van der Waals surface area contributed by atoms with Gasteiger partial charge in [-0.25, -0.2) is 0 Å². The van der Waals surface area contributed by atoms with Gasteiger partial charge in [0.1, 0.15) is 0 Å². The predicted octanol–water partition coefficient (Wildman–Crippen LogP) is 5.86. The molecule has 1 atom stereocenters. The van der Waals surface area contributed by atoms with Crippen molar-refractivity contribution in [2.75, 3.05) is 5.33 Å². The molecule has 2 rings (SSSR count). The van der Waals surface area contributed by atoms with Gasteiger partial charge < -0.3 is 0 Å². The van der Waals surface area contributed by atoms with E-state index in [0.29, 0.717) is 0 Å². The van der Waals surface area contributed by atoms with Crippen molar-refractivity contribution in [3.05, 3.63) is 34.9 Å². The van der Waals surface area contributed by atoms with E-state index in [2.05, 4.69) is 34.1 Å². The highest BCUT2D eigenvalue weighted by Crippen LogP contribution is 2.32. The lowest BCUT2D eigenvalue weighted by atomic mass is 9.83. The number of rotatable bonds is 4. The van der Waals surface area contributed by atoms with Gasteiger partial charge in [0.15, 0.2) is 0 Å². The number of hydrogen-bond acceptors (Lipinski definition) is 0. The second kappa shape index (κ2) is 7.55. The molecule has 0 nitrogen and oxygen atoms in total. The van der Waals surface area contributed by atoms with E-state index in [4.69, 9.17) is 11.6 Å². The lowest BCUT2D eigenvalue weighted by Crippen LogP contribution is -2.18. The van der Waals surface area contributed by atoms with Crippen LogP contribution in [0.2, 0.25) is 5.02 Å². The van der Waals surface area contributed by atoms with Crippen LogP contribution in [-0.4, -0.2) is 5.33 Å². The minimum atomic E-state index is 0.765. The maximum absolute atomic E-state index is 6.07. The molecular formula is C16H22BrCl. The van der Waals surface area contributed by atoms with Crippen LogP contribution >= 0.6 is 27.5 Å². The van der Waals surface area contributed by atoms with Crippen molar-refractivity contribution in [2.45, 2.75) is 44.9 Å². The summed E-state index contributed by atoms with van der Waals surface area (Å²) in [6, 6.07) is 8.35. The van der Waals surface area contributed by atoms with E-state index >= 15 is 0 Å². The Hall–Kier alpha value is -0.0100. The maximum atomic E-state index is 6.07. The van der Waals surface area contributed by atoms with Crippen LogP contribution in [0.3, 0.4) is 0 Å². The smallest absolute Gasteiger partial charge is 0.0408 e. The second-order valence-corrected chi connectivity index (χ2v) is 6.58. The van der Waals surface area contributed by atoms with Crippen molar-refractivity contribution >= 4 is 27.5 Å². The van der Waals surface area contributed by atoms with E-state index in [1.165, 1.54) is 44.1 Å². The molecule has 0 N–H and O–H groups in total. The highest BCUT2D eigenvalue weighted by molar-refractivity contribution is 9.09. The second-order valence-electron chi connectivity index (χ2n) is 5.50. The fourth-order valence-corrected chi connectivity index (χ4v) is 4.07. The van der Waals surface area contributed by atoms with Gasteiger partial charge in [-0.2, -0.15) is 0 Å². The molecule has 0 heterocycles. The summed E-state index contributed by atoms with van der Waals surface area (Å²) in [5.41, 5.74) is 1.39. The van der Waals surface area contributed by atoms with Crippen LogP contribution in [-0.2, 0) is 6.42 Å². The summed E-state index contributed by atoms with van der Waals surface area (Å²) in [6.07, 6.45) is 9.70. The Morgan fingerprint density at radius 2 is 1.89 bits per heavy atom. The predicted molar refractivity (Wildman–Crippen MR) is 83.6 cm³/mol. The SMILES string of the molecule is Clc1cccc(CC(CBr)C2CCCCCC2)c1. The van der Waals surface area contributed by atoms with Crippen molar-refractivity contribution in [3.63, 3.8) is 0 Å². The fourth-order valence-electron chi connectivity index (χ4n) is 3.10. The molecule has 0 bridgehead atoms. The lowest BCUT2D eigenvalue weighted by molar-refractivity contribution is 0.325. The number of hydrogen-bond donors (Lipinski definition) is 0. The van der Waals surface area contributed by atoms with Gasteiger partial charge >= 0.3 is 0 Å². The first-order valence-corrected chi connectivity index (χ1v) is 8.60. The van der Waals surface area contributed by atoms with Gasteiger partial charge in [-0.15, -0.1) is 0 Å². The molecule has 0 saturated heterocycles. The van der Waals surface area contributed by atoms with Crippen LogP contribution in [0.25, 0.3) is 0 Å². The molecule has 0 aliphatic heterocycles. The van der Waals surface area contributed by atoms with Crippen LogP contribution in [0.4, 0.5) is 0 Å². The van der Waals surface area contributed by atoms with Crippen molar-refractivity contribution in [3.8, 4) is 0 Å². The standard InChI is InChI=1S/C16H22BrCl/c17-12-15(14-7-3-1-2-4-8-14)10-13-6-5-9-16(18)11-13/h5-6,9,11,14-15H,1-4,7-8,10,12H2. The molecule has 0 aromatic heterocycles. The molecule has 2 heteroatoms. The molecule has 1 unspecified atom stereocenters. The molecule has 1 aliphatic carbocycles. The molecule has 0 spiro atoms. The van der Waals surface area contributed by atoms with E-state index < -0.39 is 0 Å². The molecule has 1 aromatic carbocycles. The molecule has 1 aromatic rings. The molecular weight excluding hydrogens is 308 g/mol. The zero-order chi connectivity index (χ0) is 12.8. The number of halogens is 2. The zero-order valence-electron chi connectivity index (χ0n) is 10.9. The normalized spacial score (nSPS) is 19.4. The first-order chi connectivity index (χ1) is 8.79. The largest absolute Gasteiger partial charge is 0.0925 e. The summed E-state index contributed by atoms with van der Waals surface area (Å²) < 4.78 is 0. The molecule has 100 valence electrons. The average Bonchev–Trinajstić information content (AvgIpc) is 2.65. The Morgan fingerprint density at radius 3 is 2.50 bits per heavy atom. The monoisotopic (exact) mass is 328 g/mol. The van der Waals surface area contributed by atoms with Crippen LogP contribution in [0.1, 0.15) is 44.1 Å². The summed E-state index contributed by atoms with van der Waals surface area (Å²) in [5, 5.41) is 1.98. The van der Waals surface area contributed by atoms with Gasteiger partial charge in [-0.3, -0.25) is 0 Å². The van der Waals surface area contributed by atoms with E-state index in [1.54, 1.807) is 0 Å². The Morgan fingerprint density at radius 1 is 1.17 bits per heavy atom. The third-order valence-corrected chi connectivity index (χ3v) is 5.22. The van der Waals surface area contributed by atoms with E-state index in [1.807, 2.05) is 6.07 Å². The fraction of sp³-hybridized carbons (Fsp3) is 0.625. The number of benzene rings is 1. The molecule has 0 radical (unpaired) electrons. The minimum absolute atomic E-state index is 0.765. The first kappa shape index (κ1) is 14.4. The Bertz CT molecular complexity index is 356. The number of alkyl halides is 1. The van der Waals surface area contributed by atoms with Gasteiger partial charge in [0.05, 0.1) is 0 Å². The van der Waals surface area contributed by atoms with E-state index in [-0.39, 0.29) is 0 Å². The third kappa shape index (κ3) is 4.28. The Labute approximate surface area is 124 Å². The summed E-state index contributed by atoms with van der Waals surface area (Å²) >= 11 is 9.79. The maximum Gasteiger partial charge on any atom is 0.0408 e. The van der Waals surface area contributed by atoms with Crippen LogP contribution in [0, 0.1) is 11.8 Å². The topological polar surface area (TPSA) is 0 Å². The van der Waals surface area contributed by atoms with Crippen LogP contribution in [0.5, 0.6) is 0 Å². The summed E-state index contributed by atoms with van der Waals surface area (Å²) in [5.74, 6) is 1.66. The zero-order valence-corrected chi connectivity index (χ0v) is 13.2. The van der Waals surface area contributed by atoms with Crippen molar-refractivity contribution in [1.82, 2.24) is 0 Å². The molecule has 1 fully saturated rings. The summed E-state index contributed by atoms with van der Waals surface area (Å²) in [7, 11) is 0. The van der Waals surface area contributed by atoms with Crippen LogP contribution < -0.4 is 0 Å². The third-order valence-electron chi connectivity index (χ3n) is 4.15. The van der Waals surface area contributed by atoms with Gasteiger partial charge in [-0.05, 0) is 36.0 Å². The van der Waals surface area contributed by atoms with E-state index in [9.17, 15) is 0 Å². The average molecular weight is 330 g/mol. The summed E-state index contributed by atoms with van der Waals surface area (Å²) in [4.78, 5) is 0.